The number of benzene rings is 2. The Labute approximate surface area is 134 Å². The second-order valence-corrected chi connectivity index (χ2v) is 5.64. The predicted octanol–water partition coefficient (Wildman–Crippen LogP) is 5.46. The van der Waals surface area contributed by atoms with E-state index in [0.717, 1.165) is 17.5 Å². The van der Waals surface area contributed by atoms with Gasteiger partial charge in [0.2, 0.25) is 0 Å². The minimum Gasteiger partial charge on any atom is -0.115 e. The Balaban J connectivity index is -0.00000121. The summed E-state index contributed by atoms with van der Waals surface area (Å²) in [6.45, 7) is 8.35. The zero-order valence-electron chi connectivity index (χ0n) is 13.2. The van der Waals surface area contributed by atoms with Gasteiger partial charge in [-0.15, -0.1) is 12.8 Å². The van der Waals surface area contributed by atoms with Gasteiger partial charge in [0.1, 0.15) is 0 Å². The lowest BCUT2D eigenvalue weighted by Gasteiger charge is -2.11. The molecule has 21 heavy (non-hydrogen) atoms. The third-order valence-corrected chi connectivity index (χ3v) is 4.17. The first kappa shape index (κ1) is 15.0. The van der Waals surface area contributed by atoms with Crippen molar-refractivity contribution in [2.75, 3.05) is 0 Å². The Morgan fingerprint density at radius 1 is 0.762 bits per heavy atom. The first-order valence-corrected chi connectivity index (χ1v) is 7.09. The summed E-state index contributed by atoms with van der Waals surface area (Å²) >= 11 is 0. The Kier molecular flexibility index (Phi) is 4.21. The summed E-state index contributed by atoms with van der Waals surface area (Å²) in [5, 5.41) is 0. The molecule has 0 amide bonds. The van der Waals surface area contributed by atoms with Crippen LogP contribution >= 0.6 is 0 Å². The Morgan fingerprint density at radius 2 is 1.14 bits per heavy atom. The normalized spacial score (nSPS) is 10.0. The summed E-state index contributed by atoms with van der Waals surface area (Å²) in [6.07, 6.45) is 12.0. The van der Waals surface area contributed by atoms with Crippen LogP contribution in [0.1, 0.15) is 50.2 Å². The molecule has 0 bridgehead atoms. The predicted molar refractivity (Wildman–Crippen MR) is 99.0 cm³/mol. The van der Waals surface area contributed by atoms with E-state index in [9.17, 15) is 0 Å². The van der Waals surface area contributed by atoms with Gasteiger partial charge in [-0.1, -0.05) is 24.0 Å². The fourth-order valence-corrected chi connectivity index (χ4v) is 2.61. The van der Waals surface area contributed by atoms with Crippen LogP contribution in [0, 0.1) is 52.4 Å². The maximum Gasteiger partial charge on any atom is 0.0277 e. The highest BCUT2D eigenvalue weighted by atomic mass is 14.1. The van der Waals surface area contributed by atoms with Gasteiger partial charge in [-0.3, -0.25) is 0 Å². The lowest BCUT2D eigenvalue weighted by atomic mass is 9.93. The van der Waals surface area contributed by atoms with Crippen molar-refractivity contribution in [3.8, 4) is 24.7 Å². The molecule has 0 spiro atoms. The fraction of sp³-hybridized carbons (Fsp3) is 0.238. The summed E-state index contributed by atoms with van der Waals surface area (Å²) < 4.78 is 0. The lowest BCUT2D eigenvalue weighted by molar-refractivity contribution is 1.14. The molecule has 0 nitrogen and oxygen atoms in total. The zero-order valence-corrected chi connectivity index (χ0v) is 13.2. The first-order valence-electron chi connectivity index (χ1n) is 7.09. The van der Waals surface area contributed by atoms with Gasteiger partial charge in [-0.05, 0) is 79.6 Å². The van der Waals surface area contributed by atoms with Crippen molar-refractivity contribution >= 4 is 0 Å². The molecule has 0 N–H and O–H groups in total. The molecule has 0 atom stereocenters. The van der Waals surface area contributed by atoms with Gasteiger partial charge in [-0.25, -0.2) is 0 Å². The molecular weight excluding hydrogens is 252 g/mol. The van der Waals surface area contributed by atoms with E-state index in [2.05, 4.69) is 63.8 Å². The van der Waals surface area contributed by atoms with E-state index < -0.39 is 0 Å². The highest BCUT2D eigenvalue weighted by molar-refractivity contribution is 5.50. The van der Waals surface area contributed by atoms with E-state index in [1.54, 1.807) is 0 Å². The van der Waals surface area contributed by atoms with Gasteiger partial charge in [0.25, 0.3) is 0 Å². The molecule has 0 aromatic heterocycles. The Bertz CT molecular complexity index is 726. The van der Waals surface area contributed by atoms with Gasteiger partial charge in [-0.2, -0.15) is 0 Å². The number of hydrogen-bond acceptors (Lipinski definition) is 0. The van der Waals surface area contributed by atoms with Crippen LogP contribution in [-0.2, 0) is 6.42 Å². The highest BCUT2D eigenvalue weighted by Crippen LogP contribution is 2.21. The van der Waals surface area contributed by atoms with E-state index in [0.29, 0.717) is 0 Å². The molecule has 2 aromatic rings. The topological polar surface area (TPSA) is 0 Å². The average Bonchev–Trinajstić information content (AvgIpc) is 2.46. The first-order chi connectivity index (χ1) is 9.96. The van der Waals surface area contributed by atoms with Crippen molar-refractivity contribution in [1.82, 2.24) is 0 Å². The Morgan fingerprint density at radius 3 is 1.48 bits per heavy atom. The number of rotatable bonds is 2. The largest absolute Gasteiger partial charge is 0.115 e. The van der Waals surface area contributed by atoms with Gasteiger partial charge in [0.15, 0.2) is 0 Å². The smallest absolute Gasteiger partial charge is 0.0277 e. The van der Waals surface area contributed by atoms with E-state index in [-0.39, 0.29) is 5.71 Å². The van der Waals surface area contributed by atoms with Crippen LogP contribution in [0.2, 0.25) is 0 Å². The highest BCUT2D eigenvalue weighted by Gasteiger charge is 2.07. The third kappa shape index (κ3) is 3.01. The summed E-state index contributed by atoms with van der Waals surface area (Å²) in [6, 6.07) is 8.63. The van der Waals surface area contributed by atoms with Crippen molar-refractivity contribution in [3.63, 3.8) is 0 Å². The molecule has 2 rings (SSSR count). The fourth-order valence-electron chi connectivity index (χ4n) is 2.61. The van der Waals surface area contributed by atoms with Crippen LogP contribution in [0.25, 0.3) is 0 Å². The zero-order chi connectivity index (χ0) is 15.6. The maximum atomic E-state index is 5.59. The van der Waals surface area contributed by atoms with Gasteiger partial charge in [0, 0.05) is 16.8 Å². The summed E-state index contributed by atoms with van der Waals surface area (Å²) in [7, 11) is 0. The van der Waals surface area contributed by atoms with Gasteiger partial charge >= 0.3 is 0 Å². The SMILES string of the molecule is C#Cc1cc(Cc2cc(C)c(C)c(C#C)c2)cc(C)c1C.[HH].[HH].[HH].[HH]. The summed E-state index contributed by atoms with van der Waals surface area (Å²) in [5.41, 5.74) is 9.27. The molecule has 0 aliphatic carbocycles. The van der Waals surface area contributed by atoms with Gasteiger partial charge < -0.3 is 0 Å². The Hall–Kier alpha value is -2.44. The number of hydrogen-bond donors (Lipinski definition) is 0. The minimum absolute atomic E-state index is 0. The van der Waals surface area contributed by atoms with Crippen LogP contribution in [0.5, 0.6) is 0 Å². The number of aryl methyl sites for hydroxylation is 2. The summed E-state index contributed by atoms with van der Waals surface area (Å²) in [5.74, 6) is 5.55. The van der Waals surface area contributed by atoms with E-state index >= 15 is 0 Å². The minimum atomic E-state index is 0. The van der Waals surface area contributed by atoms with Crippen LogP contribution in [-0.4, -0.2) is 0 Å². The van der Waals surface area contributed by atoms with E-state index in [1.165, 1.54) is 33.4 Å². The molecule has 0 heterocycles. The van der Waals surface area contributed by atoms with Crippen molar-refractivity contribution < 1.29 is 5.71 Å². The molecule has 0 aliphatic rings. The lowest BCUT2D eigenvalue weighted by Crippen LogP contribution is -1.97. The average molecular weight is 280 g/mol. The second kappa shape index (κ2) is 5.90. The van der Waals surface area contributed by atoms with Crippen molar-refractivity contribution in [2.24, 2.45) is 0 Å². The molecule has 0 saturated heterocycles. The van der Waals surface area contributed by atoms with E-state index in [4.69, 9.17) is 12.8 Å². The maximum absolute atomic E-state index is 5.59. The molecule has 112 valence electrons. The molecule has 2 aromatic carbocycles. The molecule has 0 unspecified atom stereocenters. The number of terminal acetylenes is 2. The molecule has 0 fully saturated rings. The quantitative estimate of drug-likeness (QED) is 0.641. The standard InChI is InChI=1S/C21H20.4H2/c1-7-20-12-18(9-14(3)16(20)5)11-19-10-15(4)17(6)21(8-2)13-19;;;;/h1-2,9-10,12-13H,11H2,3-6H3;4*1H. The van der Waals surface area contributed by atoms with Crippen LogP contribution in [0.15, 0.2) is 24.3 Å². The van der Waals surface area contributed by atoms with Crippen LogP contribution in [0.3, 0.4) is 0 Å². The second-order valence-electron chi connectivity index (χ2n) is 5.64. The summed E-state index contributed by atoms with van der Waals surface area (Å²) in [4.78, 5) is 0. The third-order valence-electron chi connectivity index (χ3n) is 4.17. The van der Waals surface area contributed by atoms with Gasteiger partial charge in [0.05, 0.1) is 0 Å². The van der Waals surface area contributed by atoms with E-state index in [1.807, 2.05) is 0 Å². The molecule has 0 saturated carbocycles. The van der Waals surface area contributed by atoms with Crippen molar-refractivity contribution in [1.29, 1.82) is 0 Å². The van der Waals surface area contributed by atoms with Crippen LogP contribution in [0.4, 0.5) is 0 Å². The van der Waals surface area contributed by atoms with Crippen molar-refractivity contribution in [3.05, 3.63) is 68.8 Å². The molecular formula is C21H28. The van der Waals surface area contributed by atoms with Crippen molar-refractivity contribution in [2.45, 2.75) is 34.1 Å². The molecule has 0 radical (unpaired) electrons. The monoisotopic (exact) mass is 280 g/mol. The molecule has 0 aliphatic heterocycles. The van der Waals surface area contributed by atoms with Crippen LogP contribution < -0.4 is 0 Å². The molecule has 0 heteroatoms.